The van der Waals surface area contributed by atoms with Gasteiger partial charge in [0, 0.05) is 36.5 Å². The summed E-state index contributed by atoms with van der Waals surface area (Å²) in [5.41, 5.74) is 1.40. The number of aromatic nitrogens is 2. The number of carbonyl (C=O) groups is 1. The summed E-state index contributed by atoms with van der Waals surface area (Å²) in [7, 11) is 0. The largest absolute Gasteiger partial charge is 0.363 e. The molecule has 2 heterocycles. The van der Waals surface area contributed by atoms with E-state index in [1.807, 2.05) is 36.4 Å². The molecule has 7 nitrogen and oxygen atoms in total. The maximum atomic E-state index is 14.3. The van der Waals surface area contributed by atoms with E-state index in [4.69, 9.17) is 5.26 Å². The standard InChI is InChI=1S/C22H23FN6O/c23-19-13-25-22(27-16-5-2-1-3-6-16)28-20(19)26-17-7-4-12-29(14-17)21(30)18(10-11-24)15-8-9-15/h1-3,5-6,10,13,15,17H,4,7-9,12,14H2,(H2,25,26,27,28). The molecule has 2 N–H and O–H groups in total. The number of nitrogens with zero attached hydrogens (tertiary/aromatic N) is 4. The van der Waals surface area contributed by atoms with Gasteiger partial charge in [-0.1, -0.05) is 18.2 Å². The molecule has 1 amide bonds. The van der Waals surface area contributed by atoms with Gasteiger partial charge in [-0.2, -0.15) is 10.2 Å². The lowest BCUT2D eigenvalue weighted by molar-refractivity contribution is -0.128. The van der Waals surface area contributed by atoms with Gasteiger partial charge in [-0.3, -0.25) is 4.79 Å². The van der Waals surface area contributed by atoms with Crippen LogP contribution in [0, 0.1) is 23.1 Å². The van der Waals surface area contributed by atoms with Gasteiger partial charge in [-0.25, -0.2) is 9.37 Å². The third-order valence-electron chi connectivity index (χ3n) is 5.31. The van der Waals surface area contributed by atoms with Gasteiger partial charge in [0.1, 0.15) is 0 Å². The summed E-state index contributed by atoms with van der Waals surface area (Å²) in [4.78, 5) is 22.9. The quantitative estimate of drug-likeness (QED) is 0.562. The topological polar surface area (TPSA) is 93.9 Å². The number of para-hydroxylation sites is 1. The SMILES string of the molecule is N#CC=C(C(=O)N1CCCC(Nc2nc(Nc3ccccc3)ncc2F)C1)C1CC1. The van der Waals surface area contributed by atoms with E-state index in [-0.39, 0.29) is 23.7 Å². The van der Waals surface area contributed by atoms with Crippen LogP contribution < -0.4 is 10.6 Å². The minimum atomic E-state index is -0.542. The van der Waals surface area contributed by atoms with Crippen molar-refractivity contribution in [1.82, 2.24) is 14.9 Å². The molecule has 1 aromatic carbocycles. The minimum Gasteiger partial charge on any atom is -0.363 e. The van der Waals surface area contributed by atoms with Crippen LogP contribution >= 0.6 is 0 Å². The maximum Gasteiger partial charge on any atom is 0.250 e. The second-order valence-corrected chi connectivity index (χ2v) is 7.62. The normalized spacial score (nSPS) is 19.1. The molecule has 1 unspecified atom stereocenters. The summed E-state index contributed by atoms with van der Waals surface area (Å²) in [6, 6.07) is 11.3. The molecule has 4 rings (SSSR count). The highest BCUT2D eigenvalue weighted by molar-refractivity contribution is 5.95. The van der Waals surface area contributed by atoms with Crippen molar-refractivity contribution in [3.8, 4) is 6.07 Å². The van der Waals surface area contributed by atoms with Gasteiger partial charge in [0.15, 0.2) is 11.6 Å². The van der Waals surface area contributed by atoms with Crippen LogP contribution in [-0.4, -0.2) is 39.9 Å². The number of likely N-dealkylation sites (tertiary alicyclic amines) is 1. The second kappa shape index (κ2) is 8.91. The maximum absolute atomic E-state index is 14.3. The van der Waals surface area contributed by atoms with E-state index in [0.717, 1.165) is 37.6 Å². The molecule has 0 spiro atoms. The van der Waals surface area contributed by atoms with Crippen molar-refractivity contribution in [3.05, 3.63) is 54.0 Å². The van der Waals surface area contributed by atoms with Gasteiger partial charge in [-0.05, 0) is 43.7 Å². The van der Waals surface area contributed by atoms with Crippen LogP contribution in [0.4, 0.5) is 21.8 Å². The number of halogens is 1. The van der Waals surface area contributed by atoms with Gasteiger partial charge in [-0.15, -0.1) is 0 Å². The first-order valence-electron chi connectivity index (χ1n) is 10.1. The van der Waals surface area contributed by atoms with Crippen molar-refractivity contribution in [2.45, 2.75) is 31.7 Å². The summed E-state index contributed by atoms with van der Waals surface area (Å²) in [5.74, 6) is -0.0174. The van der Waals surface area contributed by atoms with Crippen molar-refractivity contribution in [2.24, 2.45) is 5.92 Å². The van der Waals surface area contributed by atoms with E-state index >= 15 is 0 Å². The zero-order chi connectivity index (χ0) is 20.9. The third-order valence-corrected chi connectivity index (χ3v) is 5.31. The number of carbonyl (C=O) groups excluding carboxylic acids is 1. The highest BCUT2D eigenvalue weighted by Crippen LogP contribution is 2.37. The Balaban J connectivity index is 1.43. The monoisotopic (exact) mass is 406 g/mol. The van der Waals surface area contributed by atoms with Crippen molar-refractivity contribution >= 4 is 23.4 Å². The number of amides is 1. The lowest BCUT2D eigenvalue weighted by Crippen LogP contribution is -2.46. The fourth-order valence-corrected chi connectivity index (χ4v) is 3.65. The number of rotatable bonds is 6. The van der Waals surface area contributed by atoms with E-state index < -0.39 is 5.82 Å². The molecule has 1 aliphatic heterocycles. The zero-order valence-electron chi connectivity index (χ0n) is 16.5. The lowest BCUT2D eigenvalue weighted by Gasteiger charge is -2.34. The summed E-state index contributed by atoms with van der Waals surface area (Å²) in [6.07, 6.45) is 6.03. The van der Waals surface area contributed by atoms with E-state index in [2.05, 4.69) is 20.6 Å². The predicted octanol–water partition coefficient (Wildman–Crippen LogP) is 3.62. The first kappa shape index (κ1) is 19.8. The van der Waals surface area contributed by atoms with Gasteiger partial charge >= 0.3 is 0 Å². The smallest absolute Gasteiger partial charge is 0.250 e. The average molecular weight is 406 g/mol. The Hall–Kier alpha value is -3.47. The number of nitriles is 1. The molecule has 2 fully saturated rings. The molecule has 1 aliphatic carbocycles. The molecule has 8 heteroatoms. The first-order valence-corrected chi connectivity index (χ1v) is 10.1. The Morgan fingerprint density at radius 2 is 2.07 bits per heavy atom. The predicted molar refractivity (Wildman–Crippen MR) is 111 cm³/mol. The Labute approximate surface area is 174 Å². The first-order chi connectivity index (χ1) is 14.6. The Morgan fingerprint density at radius 3 is 2.80 bits per heavy atom. The van der Waals surface area contributed by atoms with Crippen LogP contribution in [0.3, 0.4) is 0 Å². The Morgan fingerprint density at radius 1 is 1.27 bits per heavy atom. The third kappa shape index (κ3) is 4.74. The number of allylic oxidation sites excluding steroid dienone is 1. The molecule has 30 heavy (non-hydrogen) atoms. The molecular formula is C22H23FN6O. The van der Waals surface area contributed by atoms with Crippen LogP contribution in [0.2, 0.25) is 0 Å². The minimum absolute atomic E-state index is 0.0832. The van der Waals surface area contributed by atoms with Crippen LogP contribution in [0.15, 0.2) is 48.2 Å². The summed E-state index contributed by atoms with van der Waals surface area (Å²) >= 11 is 0. The highest BCUT2D eigenvalue weighted by atomic mass is 19.1. The lowest BCUT2D eigenvalue weighted by atomic mass is 10.0. The fourth-order valence-electron chi connectivity index (χ4n) is 3.65. The molecule has 1 aromatic heterocycles. The van der Waals surface area contributed by atoms with Crippen molar-refractivity contribution in [3.63, 3.8) is 0 Å². The van der Waals surface area contributed by atoms with Crippen molar-refractivity contribution in [2.75, 3.05) is 23.7 Å². The molecule has 2 aliphatic rings. The van der Waals surface area contributed by atoms with E-state index in [9.17, 15) is 9.18 Å². The van der Waals surface area contributed by atoms with E-state index in [1.165, 1.54) is 6.08 Å². The van der Waals surface area contributed by atoms with Crippen molar-refractivity contribution in [1.29, 1.82) is 5.26 Å². The van der Waals surface area contributed by atoms with Crippen LogP contribution in [0.5, 0.6) is 0 Å². The summed E-state index contributed by atoms with van der Waals surface area (Å²) < 4.78 is 14.3. The molecule has 2 aromatic rings. The number of hydrogen-bond donors (Lipinski definition) is 2. The highest BCUT2D eigenvalue weighted by Gasteiger charge is 2.34. The van der Waals surface area contributed by atoms with Gasteiger partial charge < -0.3 is 15.5 Å². The molecule has 0 radical (unpaired) electrons. The molecule has 1 saturated carbocycles. The fraction of sp³-hybridized carbons (Fsp3) is 0.364. The Kier molecular flexibility index (Phi) is 5.89. The second-order valence-electron chi connectivity index (χ2n) is 7.62. The average Bonchev–Trinajstić information content (AvgIpc) is 3.60. The number of nitrogens with one attached hydrogen (secondary N) is 2. The number of benzene rings is 1. The van der Waals surface area contributed by atoms with Gasteiger partial charge in [0.05, 0.1) is 12.3 Å². The molecule has 0 bridgehead atoms. The molecule has 1 saturated heterocycles. The van der Waals surface area contributed by atoms with Crippen LogP contribution in [0.1, 0.15) is 25.7 Å². The van der Waals surface area contributed by atoms with Crippen molar-refractivity contribution < 1.29 is 9.18 Å². The number of piperidine rings is 1. The number of hydrogen-bond acceptors (Lipinski definition) is 6. The summed E-state index contributed by atoms with van der Waals surface area (Å²) in [6.45, 7) is 1.08. The van der Waals surface area contributed by atoms with Crippen LogP contribution in [0.25, 0.3) is 0 Å². The molecule has 154 valence electrons. The number of anilines is 3. The van der Waals surface area contributed by atoms with E-state index in [0.29, 0.717) is 24.6 Å². The molecular weight excluding hydrogens is 383 g/mol. The Bertz CT molecular complexity index is 983. The van der Waals surface area contributed by atoms with Gasteiger partial charge in [0.25, 0.3) is 5.91 Å². The van der Waals surface area contributed by atoms with E-state index in [1.54, 1.807) is 4.90 Å². The zero-order valence-corrected chi connectivity index (χ0v) is 16.5. The molecule has 1 atom stereocenters. The van der Waals surface area contributed by atoms with Gasteiger partial charge in [0.2, 0.25) is 5.95 Å². The summed E-state index contributed by atoms with van der Waals surface area (Å²) in [5, 5.41) is 15.2. The van der Waals surface area contributed by atoms with Crippen LogP contribution in [-0.2, 0) is 4.79 Å².